The summed E-state index contributed by atoms with van der Waals surface area (Å²) < 4.78 is 5.07. The molecule has 0 atom stereocenters. The highest BCUT2D eigenvalue weighted by atomic mass is 16.5. The van der Waals surface area contributed by atoms with Crippen LogP contribution in [0.5, 0.6) is 0 Å². The third kappa shape index (κ3) is 1.84. The van der Waals surface area contributed by atoms with Crippen molar-refractivity contribution in [2.24, 2.45) is 0 Å². The van der Waals surface area contributed by atoms with E-state index in [1.54, 1.807) is 10.8 Å². The van der Waals surface area contributed by atoms with Gasteiger partial charge in [0, 0.05) is 13.1 Å². The molecule has 3 nitrogen and oxygen atoms in total. The van der Waals surface area contributed by atoms with Crippen LogP contribution in [0.2, 0.25) is 0 Å². The van der Waals surface area contributed by atoms with Crippen LogP contribution in [0.25, 0.3) is 0 Å². The van der Waals surface area contributed by atoms with Gasteiger partial charge in [0.25, 0.3) is 0 Å². The minimum absolute atomic E-state index is 0.188. The van der Waals surface area contributed by atoms with Gasteiger partial charge in [-0.05, 0) is 12.3 Å². The Morgan fingerprint density at radius 1 is 1.45 bits per heavy atom. The molecule has 1 heterocycles. The largest absolute Gasteiger partial charge is 0.378 e. The molecule has 0 amide bonds. The molecule has 0 unspecified atom stereocenters. The molecule has 0 aliphatic carbocycles. The van der Waals surface area contributed by atoms with Gasteiger partial charge in [-0.1, -0.05) is 0 Å². The van der Waals surface area contributed by atoms with Crippen LogP contribution >= 0.6 is 0 Å². The number of allylic oxidation sites excluding steroid dienone is 1. The lowest BCUT2D eigenvalue weighted by atomic mass is 10.3. The fourth-order valence-corrected chi connectivity index (χ4v) is 0.956. The van der Waals surface area contributed by atoms with Crippen LogP contribution in [0.4, 0.5) is 0 Å². The summed E-state index contributed by atoms with van der Waals surface area (Å²) in [7, 11) is 0. The van der Waals surface area contributed by atoms with Gasteiger partial charge in [0.1, 0.15) is 0 Å². The van der Waals surface area contributed by atoms with E-state index in [0.717, 1.165) is 0 Å². The predicted octanol–water partition coefficient (Wildman–Crippen LogP) is -0.376. The number of rotatable bonds is 1. The average Bonchev–Trinajstić information content (AvgIpc) is 2.09. The average molecular weight is 150 g/mol. The van der Waals surface area contributed by atoms with Crippen LogP contribution in [-0.2, 0) is 9.53 Å². The molecule has 11 heavy (non-hydrogen) atoms. The number of ether oxygens (including phenoxy) is 1. The number of hydrogen-bond donors (Lipinski definition) is 0. The zero-order valence-electron chi connectivity index (χ0n) is 6.09. The second-order valence-electron chi connectivity index (χ2n) is 2.18. The third-order valence-corrected chi connectivity index (χ3v) is 1.54. The summed E-state index contributed by atoms with van der Waals surface area (Å²) in [6.07, 6.45) is 6.76. The molecular formula is C8H8NO2. The molecule has 0 N–H and O–H groups in total. The van der Waals surface area contributed by atoms with E-state index in [1.165, 1.54) is 0 Å². The van der Waals surface area contributed by atoms with E-state index in [0.29, 0.717) is 26.3 Å². The summed E-state index contributed by atoms with van der Waals surface area (Å²) in [6, 6.07) is 0. The van der Waals surface area contributed by atoms with Crippen molar-refractivity contribution in [2.45, 2.75) is 0 Å². The minimum atomic E-state index is 0.188. The highest BCUT2D eigenvalue weighted by Crippen LogP contribution is 2.02. The van der Waals surface area contributed by atoms with Crippen molar-refractivity contribution >= 4 is 5.94 Å². The third-order valence-electron chi connectivity index (χ3n) is 1.54. The summed E-state index contributed by atoms with van der Waals surface area (Å²) in [5.41, 5.74) is 0.188. The summed E-state index contributed by atoms with van der Waals surface area (Å²) in [5.74, 6) is 3.69. The Balaban J connectivity index is 2.59. The molecule has 0 spiro atoms. The quantitative estimate of drug-likeness (QED) is 0.377. The molecule has 3 heteroatoms. The van der Waals surface area contributed by atoms with Crippen LogP contribution in [0.1, 0.15) is 0 Å². The zero-order chi connectivity index (χ0) is 8.10. The molecule has 1 radical (unpaired) electrons. The molecule has 0 aromatic rings. The van der Waals surface area contributed by atoms with Gasteiger partial charge in [0.05, 0.1) is 13.2 Å². The molecule has 1 aliphatic rings. The number of hydrogen-bond acceptors (Lipinski definition) is 3. The number of carbonyl (C=O) groups excluding carboxylic acids is 1. The normalized spacial score (nSPS) is 16.8. The maximum atomic E-state index is 10.2. The van der Waals surface area contributed by atoms with Crippen molar-refractivity contribution < 1.29 is 9.53 Å². The Hall–Kier alpha value is -1.23. The second-order valence-corrected chi connectivity index (χ2v) is 2.18. The van der Waals surface area contributed by atoms with E-state index in [-0.39, 0.29) is 5.70 Å². The van der Waals surface area contributed by atoms with Gasteiger partial charge in [-0.15, -0.1) is 0 Å². The Labute approximate surface area is 65.6 Å². The Morgan fingerprint density at radius 2 is 2.09 bits per heavy atom. The molecule has 1 saturated heterocycles. The van der Waals surface area contributed by atoms with Gasteiger partial charge >= 0.3 is 0 Å². The smallest absolute Gasteiger partial charge is 0.175 e. The molecule has 1 fully saturated rings. The van der Waals surface area contributed by atoms with Crippen molar-refractivity contribution in [3.05, 3.63) is 12.1 Å². The van der Waals surface area contributed by atoms with Crippen molar-refractivity contribution in [2.75, 3.05) is 26.3 Å². The highest BCUT2D eigenvalue weighted by molar-refractivity contribution is 5.58. The lowest BCUT2D eigenvalue weighted by Gasteiger charge is -2.26. The second kappa shape index (κ2) is 3.82. The predicted molar refractivity (Wildman–Crippen MR) is 38.7 cm³/mol. The van der Waals surface area contributed by atoms with Crippen molar-refractivity contribution in [3.8, 4) is 5.92 Å². The van der Waals surface area contributed by atoms with E-state index in [4.69, 9.17) is 11.2 Å². The van der Waals surface area contributed by atoms with Gasteiger partial charge in [-0.25, -0.2) is 4.79 Å². The van der Waals surface area contributed by atoms with Crippen molar-refractivity contribution in [1.29, 1.82) is 0 Å². The minimum Gasteiger partial charge on any atom is -0.378 e. The maximum Gasteiger partial charge on any atom is 0.175 e. The molecule has 57 valence electrons. The fraction of sp³-hybridized carbons (Fsp3) is 0.500. The zero-order valence-corrected chi connectivity index (χ0v) is 6.09. The molecular weight excluding hydrogens is 142 g/mol. The standard InChI is InChI=1S/C8H8NO2/c1-2-8(7-10)9-3-5-11-6-4-9/h3-6H2. The summed E-state index contributed by atoms with van der Waals surface area (Å²) in [4.78, 5) is 11.9. The molecule has 1 aliphatic heterocycles. The van der Waals surface area contributed by atoms with Gasteiger partial charge in [0.15, 0.2) is 11.6 Å². The Morgan fingerprint density at radius 3 is 2.55 bits per heavy atom. The highest BCUT2D eigenvalue weighted by Gasteiger charge is 2.12. The number of nitrogens with zero attached hydrogens (tertiary/aromatic N) is 1. The van der Waals surface area contributed by atoms with Crippen molar-refractivity contribution in [1.82, 2.24) is 4.90 Å². The Kier molecular flexibility index (Phi) is 2.74. The lowest BCUT2D eigenvalue weighted by Crippen LogP contribution is -2.35. The molecule has 0 bridgehead atoms. The molecule has 0 aromatic heterocycles. The first-order chi connectivity index (χ1) is 5.38. The lowest BCUT2D eigenvalue weighted by molar-refractivity contribution is 0.0565. The maximum absolute atomic E-state index is 10.2. The van der Waals surface area contributed by atoms with Gasteiger partial charge < -0.3 is 9.64 Å². The molecule has 0 saturated carbocycles. The first kappa shape index (κ1) is 7.87. The SMILES string of the molecule is [C]#CC(=C=O)N1CCOCC1. The number of morpholine rings is 1. The summed E-state index contributed by atoms with van der Waals surface area (Å²) >= 11 is 0. The van der Waals surface area contributed by atoms with E-state index >= 15 is 0 Å². The van der Waals surface area contributed by atoms with Crippen LogP contribution in [0, 0.1) is 12.3 Å². The van der Waals surface area contributed by atoms with E-state index < -0.39 is 0 Å². The van der Waals surface area contributed by atoms with Crippen LogP contribution in [0.15, 0.2) is 5.70 Å². The topological polar surface area (TPSA) is 29.5 Å². The molecule has 1 rings (SSSR count). The van der Waals surface area contributed by atoms with E-state index in [9.17, 15) is 4.79 Å². The Bertz CT molecular complexity index is 217. The van der Waals surface area contributed by atoms with Crippen LogP contribution < -0.4 is 0 Å². The van der Waals surface area contributed by atoms with E-state index in [2.05, 4.69) is 0 Å². The first-order valence-corrected chi connectivity index (χ1v) is 3.39. The van der Waals surface area contributed by atoms with Crippen LogP contribution in [0.3, 0.4) is 0 Å². The summed E-state index contributed by atoms with van der Waals surface area (Å²) in [5, 5.41) is 0. The van der Waals surface area contributed by atoms with E-state index in [1.807, 2.05) is 5.92 Å². The van der Waals surface area contributed by atoms with Gasteiger partial charge in [-0.3, -0.25) is 0 Å². The van der Waals surface area contributed by atoms with Crippen LogP contribution in [-0.4, -0.2) is 37.1 Å². The van der Waals surface area contributed by atoms with Gasteiger partial charge in [-0.2, -0.15) is 0 Å². The molecule has 0 aromatic carbocycles. The van der Waals surface area contributed by atoms with Gasteiger partial charge in [0.2, 0.25) is 0 Å². The summed E-state index contributed by atoms with van der Waals surface area (Å²) in [6.45, 7) is 2.51. The first-order valence-electron chi connectivity index (χ1n) is 3.39. The fourth-order valence-electron chi connectivity index (χ4n) is 0.956. The monoisotopic (exact) mass is 150 g/mol. The van der Waals surface area contributed by atoms with Crippen molar-refractivity contribution in [3.63, 3.8) is 0 Å².